The first kappa shape index (κ1) is 23.7. The van der Waals surface area contributed by atoms with Gasteiger partial charge in [0.05, 0.1) is 33.7 Å². The number of aromatic amines is 1. The molecule has 2 aromatic carbocycles. The van der Waals surface area contributed by atoms with Crippen LogP contribution in [-0.2, 0) is 11.0 Å². The fraction of sp³-hybridized carbons (Fsp3) is 0.269. The van der Waals surface area contributed by atoms with Gasteiger partial charge in [-0.1, -0.05) is 23.7 Å². The van der Waals surface area contributed by atoms with Crippen molar-refractivity contribution in [3.63, 3.8) is 0 Å². The van der Waals surface area contributed by atoms with E-state index < -0.39 is 23.0 Å². The first-order valence-electron chi connectivity index (χ1n) is 11.7. The zero-order valence-corrected chi connectivity index (χ0v) is 20.0. The van der Waals surface area contributed by atoms with E-state index >= 15 is 0 Å². The molecule has 2 aromatic heterocycles. The summed E-state index contributed by atoms with van der Waals surface area (Å²) < 4.78 is 53.4. The minimum atomic E-state index is -4.80. The average Bonchev–Trinajstić information content (AvgIpc) is 3.29. The summed E-state index contributed by atoms with van der Waals surface area (Å²) in [5.41, 5.74) is -0.349. The number of halogens is 5. The standard InChI is InChI=1S/C26H20ClF4N5O/c27-15-4-3-5-16(12-15)36-22(19-6-1-2-9-32-19)25(23(36)37)7-10-35(11-8-25)24-33-20-13-17(26(29,30)31)18(28)14-21(20)34-24/h1-6,9,12-14,22H,7-8,10-11H2,(H,33,34). The Morgan fingerprint density at radius 1 is 1.05 bits per heavy atom. The van der Waals surface area contributed by atoms with Gasteiger partial charge in [0.25, 0.3) is 0 Å². The second-order valence-electron chi connectivity index (χ2n) is 9.36. The Bertz CT molecular complexity index is 1500. The van der Waals surface area contributed by atoms with Gasteiger partial charge in [0, 0.05) is 36.1 Å². The Labute approximate surface area is 213 Å². The highest BCUT2D eigenvalue weighted by atomic mass is 35.5. The molecule has 0 aliphatic carbocycles. The van der Waals surface area contributed by atoms with Crippen molar-refractivity contribution in [3.8, 4) is 0 Å². The molecule has 2 saturated heterocycles. The fourth-order valence-corrected chi connectivity index (χ4v) is 5.67. The molecule has 1 N–H and O–H groups in total. The Morgan fingerprint density at radius 3 is 2.51 bits per heavy atom. The van der Waals surface area contributed by atoms with Crippen LogP contribution in [0.5, 0.6) is 0 Å². The monoisotopic (exact) mass is 529 g/mol. The highest BCUT2D eigenvalue weighted by molar-refractivity contribution is 6.31. The molecule has 2 fully saturated rings. The zero-order chi connectivity index (χ0) is 25.9. The number of H-pyrrole nitrogens is 1. The van der Waals surface area contributed by atoms with Crippen LogP contribution in [0.2, 0.25) is 5.02 Å². The van der Waals surface area contributed by atoms with Gasteiger partial charge in [-0.25, -0.2) is 9.37 Å². The molecule has 0 saturated carbocycles. The Morgan fingerprint density at radius 2 is 1.84 bits per heavy atom. The van der Waals surface area contributed by atoms with E-state index in [2.05, 4.69) is 15.0 Å². The van der Waals surface area contributed by atoms with E-state index in [0.717, 1.165) is 17.8 Å². The van der Waals surface area contributed by atoms with Gasteiger partial charge < -0.3 is 14.8 Å². The van der Waals surface area contributed by atoms with Crippen LogP contribution in [0.15, 0.2) is 60.8 Å². The molecule has 6 rings (SSSR count). The lowest BCUT2D eigenvalue weighted by molar-refractivity contribution is -0.142. The first-order valence-corrected chi connectivity index (χ1v) is 12.1. The van der Waals surface area contributed by atoms with Gasteiger partial charge in [-0.3, -0.25) is 9.78 Å². The van der Waals surface area contributed by atoms with Crippen LogP contribution >= 0.6 is 11.6 Å². The summed E-state index contributed by atoms with van der Waals surface area (Å²) in [4.78, 5) is 29.0. The van der Waals surface area contributed by atoms with Gasteiger partial charge in [-0.2, -0.15) is 13.2 Å². The van der Waals surface area contributed by atoms with Gasteiger partial charge in [-0.15, -0.1) is 0 Å². The largest absolute Gasteiger partial charge is 0.419 e. The van der Waals surface area contributed by atoms with Crippen molar-refractivity contribution in [2.45, 2.75) is 25.1 Å². The molecule has 11 heteroatoms. The van der Waals surface area contributed by atoms with Crippen LogP contribution in [0.1, 0.15) is 30.1 Å². The number of fused-ring (bicyclic) bond motifs is 1. The molecule has 6 nitrogen and oxygen atoms in total. The van der Waals surface area contributed by atoms with Crippen LogP contribution < -0.4 is 9.80 Å². The smallest absolute Gasteiger partial charge is 0.342 e. The second kappa shape index (κ2) is 8.44. The van der Waals surface area contributed by atoms with Crippen molar-refractivity contribution in [1.82, 2.24) is 15.0 Å². The maximum atomic E-state index is 14.0. The zero-order valence-electron chi connectivity index (χ0n) is 19.3. The molecule has 0 bridgehead atoms. The molecule has 190 valence electrons. The highest BCUT2D eigenvalue weighted by Gasteiger charge is 2.62. The molecule has 37 heavy (non-hydrogen) atoms. The maximum absolute atomic E-state index is 14.0. The summed E-state index contributed by atoms with van der Waals surface area (Å²) >= 11 is 6.20. The first-order chi connectivity index (χ1) is 17.7. The van der Waals surface area contributed by atoms with E-state index in [1.807, 2.05) is 29.2 Å². The van der Waals surface area contributed by atoms with Crippen molar-refractivity contribution in [2.24, 2.45) is 5.41 Å². The summed E-state index contributed by atoms with van der Waals surface area (Å²) in [6.07, 6.45) is -2.13. The SMILES string of the molecule is O=C1N(c2cccc(Cl)c2)C(c2ccccn2)C12CCN(c1nc3cc(F)c(C(F)(F)F)cc3[nH]1)CC2. The van der Waals surface area contributed by atoms with E-state index in [0.29, 0.717) is 42.6 Å². The quantitative estimate of drug-likeness (QED) is 0.256. The Kier molecular flexibility index (Phi) is 5.41. The van der Waals surface area contributed by atoms with Gasteiger partial charge >= 0.3 is 6.18 Å². The van der Waals surface area contributed by atoms with Crippen molar-refractivity contribution in [1.29, 1.82) is 0 Å². The number of rotatable bonds is 3. The van der Waals surface area contributed by atoms with E-state index in [-0.39, 0.29) is 23.0 Å². The van der Waals surface area contributed by atoms with Crippen LogP contribution in [0.4, 0.5) is 29.2 Å². The van der Waals surface area contributed by atoms with Gasteiger partial charge in [0.15, 0.2) is 0 Å². The maximum Gasteiger partial charge on any atom is 0.419 e. The molecule has 4 heterocycles. The van der Waals surface area contributed by atoms with Crippen molar-refractivity contribution in [2.75, 3.05) is 22.9 Å². The summed E-state index contributed by atoms with van der Waals surface area (Å²) in [5, 5.41) is 0.524. The number of carbonyl (C=O) groups is 1. The number of carbonyl (C=O) groups excluding carboxylic acids is 1. The molecule has 1 spiro atoms. The van der Waals surface area contributed by atoms with Crippen LogP contribution in [-0.4, -0.2) is 33.9 Å². The Balaban J connectivity index is 1.29. The lowest BCUT2D eigenvalue weighted by Crippen LogP contribution is -2.67. The van der Waals surface area contributed by atoms with Crippen LogP contribution in [0.25, 0.3) is 11.0 Å². The average molecular weight is 530 g/mol. The number of anilines is 2. The number of alkyl halides is 3. The van der Waals surface area contributed by atoms with Gasteiger partial charge in [-0.05, 0) is 49.2 Å². The fourth-order valence-electron chi connectivity index (χ4n) is 5.49. The summed E-state index contributed by atoms with van der Waals surface area (Å²) in [5.74, 6) is -1.04. The van der Waals surface area contributed by atoms with Gasteiger partial charge in [0.2, 0.25) is 11.9 Å². The molecule has 2 aliphatic rings. The number of nitrogens with one attached hydrogen (secondary N) is 1. The second-order valence-corrected chi connectivity index (χ2v) is 9.80. The number of imidazole rings is 1. The molecular weight excluding hydrogens is 510 g/mol. The number of aromatic nitrogens is 3. The summed E-state index contributed by atoms with van der Waals surface area (Å²) in [6, 6.07) is 14.0. The number of hydrogen-bond donors (Lipinski definition) is 1. The molecule has 0 radical (unpaired) electrons. The molecule has 2 aliphatic heterocycles. The summed E-state index contributed by atoms with van der Waals surface area (Å²) in [7, 11) is 0. The predicted octanol–water partition coefficient (Wildman–Crippen LogP) is 6.14. The van der Waals surface area contributed by atoms with Crippen molar-refractivity contribution < 1.29 is 22.4 Å². The van der Waals surface area contributed by atoms with Crippen molar-refractivity contribution >= 4 is 40.2 Å². The minimum Gasteiger partial charge on any atom is -0.342 e. The highest BCUT2D eigenvalue weighted by Crippen LogP contribution is 2.57. The lowest BCUT2D eigenvalue weighted by Gasteiger charge is -2.58. The predicted molar refractivity (Wildman–Crippen MR) is 131 cm³/mol. The van der Waals surface area contributed by atoms with Crippen LogP contribution in [0.3, 0.4) is 0 Å². The molecule has 4 aromatic rings. The lowest BCUT2D eigenvalue weighted by atomic mass is 9.63. The number of hydrogen-bond acceptors (Lipinski definition) is 4. The van der Waals surface area contributed by atoms with Crippen molar-refractivity contribution in [3.05, 3.63) is 82.9 Å². The number of nitrogens with zero attached hydrogens (tertiary/aromatic N) is 4. The van der Waals surface area contributed by atoms with E-state index in [1.165, 1.54) is 0 Å². The summed E-state index contributed by atoms with van der Waals surface area (Å²) in [6.45, 7) is 0.875. The molecule has 1 unspecified atom stereocenters. The third kappa shape index (κ3) is 3.81. The number of piperidine rings is 1. The third-order valence-corrected chi connectivity index (χ3v) is 7.53. The number of pyridine rings is 1. The minimum absolute atomic E-state index is 0.0217. The Hall–Kier alpha value is -3.66. The third-order valence-electron chi connectivity index (χ3n) is 7.30. The molecular formula is C26H20ClF4N5O. The van der Waals surface area contributed by atoms with Crippen LogP contribution in [0, 0.1) is 11.2 Å². The van der Waals surface area contributed by atoms with E-state index in [9.17, 15) is 22.4 Å². The van der Waals surface area contributed by atoms with Gasteiger partial charge in [0.1, 0.15) is 5.82 Å². The number of amides is 1. The molecule has 1 amide bonds. The number of β-lactam (4-membered cyclic amide) rings is 1. The topological polar surface area (TPSA) is 65.1 Å². The molecule has 1 atom stereocenters. The van der Waals surface area contributed by atoms with E-state index in [4.69, 9.17) is 11.6 Å². The van der Waals surface area contributed by atoms with E-state index in [1.54, 1.807) is 29.3 Å². The number of benzene rings is 2. The normalized spacial score (nSPS) is 19.5.